The molecule has 0 spiro atoms. The van der Waals surface area contributed by atoms with Gasteiger partial charge in [-0.2, -0.15) is 0 Å². The Hall–Kier alpha value is -0.0800. The third-order valence-electron chi connectivity index (χ3n) is 6.96. The third kappa shape index (κ3) is 1.84. The van der Waals surface area contributed by atoms with Crippen molar-refractivity contribution in [2.75, 3.05) is 0 Å². The van der Waals surface area contributed by atoms with Gasteiger partial charge in [0.25, 0.3) is 0 Å². The molecular formula is C16H28N2. The van der Waals surface area contributed by atoms with Crippen LogP contribution < -0.4 is 11.3 Å². The Labute approximate surface area is 111 Å². The predicted octanol–water partition coefficient (Wildman–Crippen LogP) is 3.08. The lowest BCUT2D eigenvalue weighted by Gasteiger charge is -2.34. The van der Waals surface area contributed by atoms with Gasteiger partial charge >= 0.3 is 0 Å². The van der Waals surface area contributed by atoms with Crippen LogP contribution in [0.5, 0.6) is 0 Å². The van der Waals surface area contributed by atoms with Crippen molar-refractivity contribution < 1.29 is 0 Å². The molecule has 0 amide bonds. The van der Waals surface area contributed by atoms with Crippen molar-refractivity contribution >= 4 is 0 Å². The van der Waals surface area contributed by atoms with Crippen LogP contribution in [-0.4, -0.2) is 6.04 Å². The Morgan fingerprint density at radius 2 is 1.61 bits per heavy atom. The van der Waals surface area contributed by atoms with Gasteiger partial charge in [-0.3, -0.25) is 11.3 Å². The lowest BCUT2D eigenvalue weighted by molar-refractivity contribution is 0.192. The number of hydrogen-bond acceptors (Lipinski definition) is 2. The van der Waals surface area contributed by atoms with Gasteiger partial charge in [0.05, 0.1) is 0 Å². The molecule has 0 aliphatic heterocycles. The van der Waals surface area contributed by atoms with Gasteiger partial charge in [-0.05, 0) is 80.5 Å². The van der Waals surface area contributed by atoms with Crippen LogP contribution >= 0.6 is 0 Å². The molecule has 3 N–H and O–H groups in total. The molecule has 7 atom stereocenters. The summed E-state index contributed by atoms with van der Waals surface area (Å²) in [5, 5.41) is 0. The summed E-state index contributed by atoms with van der Waals surface area (Å²) in [6.45, 7) is 0. The normalized spacial score (nSPS) is 51.2. The molecule has 4 aliphatic rings. The quantitative estimate of drug-likeness (QED) is 0.593. The van der Waals surface area contributed by atoms with Crippen molar-refractivity contribution in [3.63, 3.8) is 0 Å². The van der Waals surface area contributed by atoms with Gasteiger partial charge in [-0.1, -0.05) is 12.8 Å². The second-order valence-corrected chi connectivity index (χ2v) is 7.78. The van der Waals surface area contributed by atoms with E-state index in [0.717, 1.165) is 35.5 Å². The van der Waals surface area contributed by atoms with E-state index in [4.69, 9.17) is 5.84 Å². The zero-order valence-electron chi connectivity index (χ0n) is 11.5. The van der Waals surface area contributed by atoms with Crippen LogP contribution in [0.15, 0.2) is 0 Å². The highest BCUT2D eigenvalue weighted by atomic mass is 15.2. The highest BCUT2D eigenvalue weighted by Crippen LogP contribution is 2.53. The molecule has 7 unspecified atom stereocenters. The Kier molecular flexibility index (Phi) is 2.92. The topological polar surface area (TPSA) is 38.0 Å². The van der Waals surface area contributed by atoms with Crippen molar-refractivity contribution in [3.05, 3.63) is 0 Å². The van der Waals surface area contributed by atoms with E-state index in [9.17, 15) is 0 Å². The molecule has 0 aromatic rings. The molecule has 2 nitrogen and oxygen atoms in total. The second-order valence-electron chi connectivity index (χ2n) is 7.78. The fourth-order valence-electron chi connectivity index (χ4n) is 6.14. The number of fused-ring (bicyclic) bond motifs is 4. The highest BCUT2D eigenvalue weighted by molar-refractivity contribution is 4.98. The van der Waals surface area contributed by atoms with Gasteiger partial charge in [0.15, 0.2) is 0 Å². The minimum absolute atomic E-state index is 0.629. The molecule has 102 valence electrons. The van der Waals surface area contributed by atoms with Gasteiger partial charge in [-0.15, -0.1) is 0 Å². The average molecular weight is 248 g/mol. The molecule has 4 aliphatic carbocycles. The van der Waals surface area contributed by atoms with Crippen molar-refractivity contribution in [1.29, 1.82) is 0 Å². The van der Waals surface area contributed by atoms with Gasteiger partial charge in [0.1, 0.15) is 0 Å². The number of hydrazine groups is 1. The van der Waals surface area contributed by atoms with Crippen LogP contribution in [0.3, 0.4) is 0 Å². The average Bonchev–Trinajstić information content (AvgIpc) is 3.14. The van der Waals surface area contributed by atoms with E-state index in [1.807, 2.05) is 0 Å². The summed E-state index contributed by atoms with van der Waals surface area (Å²) in [7, 11) is 0. The minimum atomic E-state index is 0.629. The zero-order chi connectivity index (χ0) is 12.1. The van der Waals surface area contributed by atoms with E-state index in [-0.39, 0.29) is 0 Å². The maximum atomic E-state index is 5.91. The SMILES string of the molecule is NNC(CC1CC2CCC1C2)C1CC2CCC1C2. The van der Waals surface area contributed by atoms with Crippen molar-refractivity contribution in [1.82, 2.24) is 5.43 Å². The summed E-state index contributed by atoms with van der Waals surface area (Å²) < 4.78 is 0. The number of nitrogens with one attached hydrogen (secondary N) is 1. The first-order chi connectivity index (χ1) is 8.83. The first kappa shape index (κ1) is 11.7. The van der Waals surface area contributed by atoms with E-state index in [1.54, 1.807) is 6.42 Å². The van der Waals surface area contributed by atoms with E-state index in [2.05, 4.69) is 5.43 Å². The van der Waals surface area contributed by atoms with E-state index < -0.39 is 0 Å². The summed E-state index contributed by atoms with van der Waals surface area (Å²) >= 11 is 0. The molecule has 2 heteroatoms. The Balaban J connectivity index is 1.40. The molecule has 0 aromatic heterocycles. The fourth-order valence-corrected chi connectivity index (χ4v) is 6.14. The number of nitrogens with two attached hydrogens (primary N) is 1. The summed E-state index contributed by atoms with van der Waals surface area (Å²) in [6.07, 6.45) is 13.5. The van der Waals surface area contributed by atoms with E-state index in [1.165, 1.54) is 51.4 Å². The number of rotatable bonds is 4. The van der Waals surface area contributed by atoms with Gasteiger partial charge in [-0.25, -0.2) is 0 Å². The van der Waals surface area contributed by atoms with E-state index >= 15 is 0 Å². The lowest BCUT2D eigenvalue weighted by Crippen LogP contribution is -2.44. The van der Waals surface area contributed by atoms with Gasteiger partial charge in [0, 0.05) is 6.04 Å². The van der Waals surface area contributed by atoms with Crippen LogP contribution in [0.1, 0.15) is 57.8 Å². The molecule has 4 bridgehead atoms. The molecule has 0 radical (unpaired) electrons. The minimum Gasteiger partial charge on any atom is -0.271 e. The summed E-state index contributed by atoms with van der Waals surface area (Å²) in [5.41, 5.74) is 3.22. The number of hydrogen-bond donors (Lipinski definition) is 2. The summed E-state index contributed by atoms with van der Waals surface area (Å²) in [6, 6.07) is 0.629. The van der Waals surface area contributed by atoms with Crippen LogP contribution in [0, 0.1) is 35.5 Å². The standard InChI is InChI=1S/C16H28N2/c17-18-16(15-8-11-2-4-13(15)6-11)9-14-7-10-1-3-12(14)5-10/h10-16,18H,1-9,17H2. The second kappa shape index (κ2) is 4.49. The van der Waals surface area contributed by atoms with Gasteiger partial charge < -0.3 is 0 Å². The smallest absolute Gasteiger partial charge is 0.0244 e. The molecule has 4 fully saturated rings. The van der Waals surface area contributed by atoms with E-state index in [0.29, 0.717) is 6.04 Å². The molecule has 0 aromatic carbocycles. The maximum Gasteiger partial charge on any atom is 0.0244 e. The van der Waals surface area contributed by atoms with Crippen LogP contribution in [-0.2, 0) is 0 Å². The van der Waals surface area contributed by atoms with Crippen molar-refractivity contribution in [3.8, 4) is 0 Å². The van der Waals surface area contributed by atoms with Crippen LogP contribution in [0.25, 0.3) is 0 Å². The molecule has 0 saturated heterocycles. The Morgan fingerprint density at radius 1 is 0.889 bits per heavy atom. The maximum absolute atomic E-state index is 5.91. The first-order valence-electron chi connectivity index (χ1n) is 8.29. The first-order valence-corrected chi connectivity index (χ1v) is 8.29. The molecule has 4 saturated carbocycles. The predicted molar refractivity (Wildman–Crippen MR) is 73.6 cm³/mol. The monoisotopic (exact) mass is 248 g/mol. The molecule has 0 heterocycles. The molecular weight excluding hydrogens is 220 g/mol. The highest BCUT2D eigenvalue weighted by Gasteiger charge is 2.45. The fraction of sp³-hybridized carbons (Fsp3) is 1.00. The van der Waals surface area contributed by atoms with Crippen molar-refractivity contribution in [2.24, 2.45) is 41.4 Å². The Bertz CT molecular complexity index is 316. The lowest BCUT2D eigenvalue weighted by atomic mass is 9.76. The Morgan fingerprint density at radius 3 is 2.11 bits per heavy atom. The largest absolute Gasteiger partial charge is 0.271 e. The van der Waals surface area contributed by atoms with Crippen LogP contribution in [0.4, 0.5) is 0 Å². The molecule has 4 rings (SSSR count). The van der Waals surface area contributed by atoms with Crippen molar-refractivity contribution in [2.45, 2.75) is 63.8 Å². The molecule has 18 heavy (non-hydrogen) atoms. The summed E-state index contributed by atoms with van der Waals surface area (Å²) in [5.74, 6) is 12.0. The zero-order valence-corrected chi connectivity index (χ0v) is 11.5. The third-order valence-corrected chi connectivity index (χ3v) is 6.96. The van der Waals surface area contributed by atoms with Crippen LogP contribution in [0.2, 0.25) is 0 Å². The summed E-state index contributed by atoms with van der Waals surface area (Å²) in [4.78, 5) is 0. The van der Waals surface area contributed by atoms with Gasteiger partial charge in [0.2, 0.25) is 0 Å².